The number of fused-ring (bicyclic) bond motifs is 3. The number of rotatable bonds is 3. The van der Waals surface area contributed by atoms with Gasteiger partial charge in [0.25, 0.3) is 0 Å². The molecule has 1 spiro atoms. The highest BCUT2D eigenvalue weighted by Gasteiger charge is 2.87. The number of benzene rings is 2. The molecule has 1 amide bonds. The molecule has 40 heavy (non-hydrogen) atoms. The lowest BCUT2D eigenvalue weighted by Crippen LogP contribution is -2.60. The van der Waals surface area contributed by atoms with Crippen LogP contribution in [0.5, 0.6) is 5.75 Å². The molecule has 2 aromatic heterocycles. The van der Waals surface area contributed by atoms with E-state index in [1.165, 1.54) is 9.58 Å². The highest BCUT2D eigenvalue weighted by Crippen LogP contribution is 2.76. The molecule has 3 aliphatic rings. The van der Waals surface area contributed by atoms with E-state index >= 15 is 0 Å². The molecule has 9 nitrogen and oxygen atoms in total. The van der Waals surface area contributed by atoms with Crippen molar-refractivity contribution in [1.29, 1.82) is 5.26 Å². The molecule has 2 N–H and O–H groups in total. The predicted octanol–water partition coefficient (Wildman–Crippen LogP) is 3.52. The second kappa shape index (κ2) is 7.93. The number of nitrogens with zero attached hydrogens (tertiary/aromatic N) is 5. The van der Waals surface area contributed by atoms with Gasteiger partial charge in [0.15, 0.2) is 11.1 Å². The van der Waals surface area contributed by atoms with Gasteiger partial charge in [-0.3, -0.25) is 9.78 Å². The molecular weight excluding hydrogens is 504 g/mol. The fraction of sp³-hybridized carbons (Fsp3) is 0.290. The number of pyridine rings is 1. The quantitative estimate of drug-likeness (QED) is 0.415. The van der Waals surface area contributed by atoms with Gasteiger partial charge in [-0.2, -0.15) is 10.4 Å². The molecule has 1 aliphatic carbocycles. The molecule has 4 heterocycles. The van der Waals surface area contributed by atoms with E-state index in [4.69, 9.17) is 9.72 Å². The van der Waals surface area contributed by atoms with E-state index in [0.29, 0.717) is 28.4 Å². The van der Waals surface area contributed by atoms with Crippen LogP contribution in [0.25, 0.3) is 0 Å². The number of hydrogen-bond acceptors (Lipinski definition) is 7. The average Bonchev–Trinajstić information content (AvgIpc) is 3.63. The van der Waals surface area contributed by atoms with Gasteiger partial charge in [-0.25, -0.2) is 4.68 Å². The van der Waals surface area contributed by atoms with Crippen molar-refractivity contribution >= 4 is 11.7 Å². The van der Waals surface area contributed by atoms with Gasteiger partial charge in [0, 0.05) is 43.5 Å². The van der Waals surface area contributed by atoms with E-state index < -0.39 is 28.7 Å². The zero-order valence-corrected chi connectivity index (χ0v) is 22.6. The number of anilines is 1. The molecule has 0 radical (unpaired) electrons. The van der Waals surface area contributed by atoms with Gasteiger partial charge < -0.3 is 20.1 Å². The summed E-state index contributed by atoms with van der Waals surface area (Å²) in [7, 11) is 3.39. The van der Waals surface area contributed by atoms with E-state index in [1.807, 2.05) is 62.4 Å². The Morgan fingerprint density at radius 2 is 1.85 bits per heavy atom. The Labute approximate surface area is 231 Å². The third-order valence-electron chi connectivity index (χ3n) is 8.84. The highest BCUT2D eigenvalue weighted by molar-refractivity contribution is 5.85. The monoisotopic (exact) mass is 532 g/mol. The third-order valence-corrected chi connectivity index (χ3v) is 8.84. The number of amides is 1. The van der Waals surface area contributed by atoms with Crippen LogP contribution in [0, 0.1) is 31.1 Å². The van der Waals surface area contributed by atoms with Gasteiger partial charge in [-0.15, -0.1) is 0 Å². The maximum Gasteiger partial charge on any atom is 0.231 e. The minimum absolute atomic E-state index is 0.258. The first-order chi connectivity index (χ1) is 19.2. The predicted molar refractivity (Wildman–Crippen MR) is 146 cm³/mol. The van der Waals surface area contributed by atoms with Gasteiger partial charge in [0.1, 0.15) is 17.5 Å². The molecule has 5 atom stereocenters. The number of nitrogens with one attached hydrogen (secondary N) is 1. The Balaban J connectivity index is 1.68. The van der Waals surface area contributed by atoms with Crippen molar-refractivity contribution < 1.29 is 14.6 Å². The molecular formula is C31H28N6O3. The van der Waals surface area contributed by atoms with Crippen molar-refractivity contribution in [3.05, 3.63) is 107 Å². The summed E-state index contributed by atoms with van der Waals surface area (Å²) in [6.07, 6.45) is 1.61. The first-order valence-electron chi connectivity index (χ1n) is 13.2. The SMILES string of the molecule is Cc1cc2c(c(C)n1)[C@]13Nc4ccnn4[C@@]1(O)[C@H](C(=O)N(C)C)[C@@H](c1ccccc1)[C@]3(c1ccc(C#N)cc1)O2. The maximum absolute atomic E-state index is 14.3. The summed E-state index contributed by atoms with van der Waals surface area (Å²) in [5.74, 6) is -0.782. The minimum atomic E-state index is -1.89. The molecule has 4 aromatic rings. The third kappa shape index (κ3) is 2.62. The first-order valence-corrected chi connectivity index (χ1v) is 13.2. The van der Waals surface area contributed by atoms with Crippen LogP contribution >= 0.6 is 0 Å². The van der Waals surface area contributed by atoms with Gasteiger partial charge in [0.05, 0.1) is 23.4 Å². The molecule has 0 unspecified atom stereocenters. The smallest absolute Gasteiger partial charge is 0.231 e. The van der Waals surface area contributed by atoms with E-state index in [2.05, 4.69) is 16.5 Å². The Bertz CT molecular complexity index is 1730. The van der Waals surface area contributed by atoms with Crippen LogP contribution in [0.2, 0.25) is 0 Å². The number of aryl methyl sites for hydroxylation is 2. The number of carbonyl (C=O) groups excluding carboxylic acids is 1. The summed E-state index contributed by atoms with van der Waals surface area (Å²) in [6.45, 7) is 3.81. The van der Waals surface area contributed by atoms with Gasteiger partial charge in [0.2, 0.25) is 11.6 Å². The van der Waals surface area contributed by atoms with Crippen LogP contribution in [0.3, 0.4) is 0 Å². The summed E-state index contributed by atoms with van der Waals surface area (Å²) >= 11 is 0. The molecule has 7 rings (SSSR count). The van der Waals surface area contributed by atoms with Crippen LogP contribution in [-0.2, 0) is 21.7 Å². The summed E-state index contributed by atoms with van der Waals surface area (Å²) in [5, 5.41) is 31.1. The summed E-state index contributed by atoms with van der Waals surface area (Å²) in [4.78, 5) is 20.7. The fourth-order valence-corrected chi connectivity index (χ4v) is 7.55. The molecule has 1 saturated carbocycles. The maximum atomic E-state index is 14.3. The van der Waals surface area contributed by atoms with Crippen molar-refractivity contribution in [3.8, 4) is 11.8 Å². The van der Waals surface area contributed by atoms with Crippen LogP contribution in [0.1, 0.15) is 39.6 Å². The summed E-state index contributed by atoms with van der Waals surface area (Å²) < 4.78 is 8.72. The zero-order chi connectivity index (χ0) is 28.0. The molecule has 200 valence electrons. The van der Waals surface area contributed by atoms with Crippen molar-refractivity contribution in [1.82, 2.24) is 19.7 Å². The van der Waals surface area contributed by atoms with E-state index in [-0.39, 0.29) is 5.91 Å². The average molecular weight is 533 g/mol. The van der Waals surface area contributed by atoms with Gasteiger partial charge >= 0.3 is 0 Å². The first kappa shape index (κ1) is 24.4. The molecule has 2 aliphatic heterocycles. The lowest BCUT2D eigenvalue weighted by molar-refractivity contribution is -0.160. The van der Waals surface area contributed by atoms with Crippen LogP contribution in [0.4, 0.5) is 5.82 Å². The molecule has 0 bridgehead atoms. The summed E-state index contributed by atoms with van der Waals surface area (Å²) in [6, 6.07) is 22.8. The zero-order valence-electron chi connectivity index (χ0n) is 22.6. The topological polar surface area (TPSA) is 116 Å². The fourth-order valence-electron chi connectivity index (χ4n) is 7.55. The van der Waals surface area contributed by atoms with Crippen molar-refractivity contribution in [2.45, 2.75) is 36.6 Å². The van der Waals surface area contributed by atoms with E-state index in [0.717, 1.165) is 16.8 Å². The Kier molecular flexibility index (Phi) is 4.83. The van der Waals surface area contributed by atoms with Gasteiger partial charge in [-0.05, 0) is 37.1 Å². The largest absolute Gasteiger partial charge is 0.478 e. The Morgan fingerprint density at radius 1 is 1.12 bits per heavy atom. The molecule has 2 aromatic carbocycles. The molecule has 1 fully saturated rings. The number of aliphatic hydroxyl groups is 1. The second-order valence-corrected chi connectivity index (χ2v) is 11.1. The van der Waals surface area contributed by atoms with Crippen LogP contribution in [0.15, 0.2) is 72.9 Å². The van der Waals surface area contributed by atoms with Crippen molar-refractivity contribution in [2.75, 3.05) is 19.4 Å². The van der Waals surface area contributed by atoms with Crippen molar-refractivity contribution in [3.63, 3.8) is 0 Å². The number of carbonyl (C=O) groups is 1. The number of ether oxygens (including phenoxy) is 1. The van der Waals surface area contributed by atoms with Crippen LogP contribution in [-0.4, -0.2) is 44.8 Å². The normalized spacial score (nSPS) is 28.9. The Hall–Kier alpha value is -4.68. The minimum Gasteiger partial charge on any atom is -0.478 e. The lowest BCUT2D eigenvalue weighted by atomic mass is 9.68. The summed E-state index contributed by atoms with van der Waals surface area (Å²) in [5.41, 5.74) is -0.424. The lowest BCUT2D eigenvalue weighted by Gasteiger charge is -2.44. The Morgan fingerprint density at radius 3 is 2.52 bits per heavy atom. The van der Waals surface area contributed by atoms with E-state index in [9.17, 15) is 15.2 Å². The van der Waals surface area contributed by atoms with Gasteiger partial charge in [-0.1, -0.05) is 42.5 Å². The molecule has 9 heteroatoms. The standard InChI is InChI=1S/C31H28N6O3/c1-18-16-23-25(19(2)34-18)30-29(40-23,22-12-10-20(17-32)11-13-22)26(21-8-6-5-7-9-21)27(28(38)36(3)4)31(30,39)37-24(35-30)14-15-33-37/h5-16,26-27,35,39H,1-4H3/t26-,27+,29+,30-,31-/m1/s1. The number of aromatic nitrogens is 3. The number of nitriles is 1. The number of hydrogen-bond donors (Lipinski definition) is 2. The highest BCUT2D eigenvalue weighted by atomic mass is 16.5. The molecule has 0 saturated heterocycles. The van der Waals surface area contributed by atoms with E-state index in [1.54, 1.807) is 38.5 Å². The van der Waals surface area contributed by atoms with Crippen LogP contribution < -0.4 is 10.1 Å². The second-order valence-electron chi connectivity index (χ2n) is 11.1. The van der Waals surface area contributed by atoms with Crippen molar-refractivity contribution in [2.24, 2.45) is 5.92 Å².